The maximum absolute atomic E-state index is 11.5. The average molecular weight is 229 g/mol. The molecule has 2 N–H and O–H groups in total. The summed E-state index contributed by atoms with van der Waals surface area (Å²) in [5.41, 5.74) is -0.495. The number of carbonyl (C=O) groups is 1. The van der Waals surface area contributed by atoms with Gasteiger partial charge in [0.1, 0.15) is 5.60 Å². The molecule has 0 unspecified atom stereocenters. The van der Waals surface area contributed by atoms with Crippen LogP contribution in [0.4, 0.5) is 4.79 Å². The molecule has 2 atom stereocenters. The third-order valence-electron chi connectivity index (χ3n) is 2.89. The summed E-state index contributed by atoms with van der Waals surface area (Å²) in [5, 5.41) is 12.6. The molecule has 4 heteroatoms. The molecule has 0 bridgehead atoms. The van der Waals surface area contributed by atoms with Crippen molar-refractivity contribution in [2.45, 2.75) is 64.7 Å². The third-order valence-corrected chi connectivity index (χ3v) is 2.89. The first kappa shape index (κ1) is 13.3. The number of aliphatic hydroxyl groups is 1. The standard InChI is InChI=1S/C12H23NO3/c1-8(10(14)9-6-5-7-9)13-11(15)16-12(2,3)4/h8-10,14H,5-7H2,1-4H3,(H,13,15)/t8-,10-/m0/s1. The lowest BCUT2D eigenvalue weighted by molar-refractivity contribution is 0.0197. The van der Waals surface area contributed by atoms with Crippen molar-refractivity contribution in [3.63, 3.8) is 0 Å². The highest BCUT2D eigenvalue weighted by Gasteiger charge is 2.31. The van der Waals surface area contributed by atoms with Crippen molar-refractivity contribution in [2.24, 2.45) is 5.92 Å². The van der Waals surface area contributed by atoms with Crippen LogP contribution in [0.5, 0.6) is 0 Å². The van der Waals surface area contributed by atoms with Crippen LogP contribution in [0.3, 0.4) is 0 Å². The molecule has 1 saturated carbocycles. The summed E-state index contributed by atoms with van der Waals surface area (Å²) in [6.45, 7) is 7.27. The fourth-order valence-corrected chi connectivity index (χ4v) is 1.77. The zero-order valence-corrected chi connectivity index (χ0v) is 10.6. The van der Waals surface area contributed by atoms with Crippen molar-refractivity contribution in [1.82, 2.24) is 5.32 Å². The first-order valence-corrected chi connectivity index (χ1v) is 5.97. The van der Waals surface area contributed by atoms with Gasteiger partial charge in [-0.3, -0.25) is 0 Å². The Morgan fingerprint density at radius 2 is 2.00 bits per heavy atom. The van der Waals surface area contributed by atoms with Crippen molar-refractivity contribution < 1.29 is 14.6 Å². The molecule has 0 saturated heterocycles. The summed E-state index contributed by atoms with van der Waals surface area (Å²) in [6, 6.07) is -0.250. The minimum absolute atomic E-state index is 0.250. The van der Waals surface area contributed by atoms with Crippen molar-refractivity contribution in [1.29, 1.82) is 0 Å². The highest BCUT2D eigenvalue weighted by molar-refractivity contribution is 5.68. The Morgan fingerprint density at radius 3 is 2.38 bits per heavy atom. The van der Waals surface area contributed by atoms with Gasteiger partial charge in [0.05, 0.1) is 12.1 Å². The molecule has 0 radical (unpaired) electrons. The van der Waals surface area contributed by atoms with Gasteiger partial charge in [-0.1, -0.05) is 6.42 Å². The smallest absolute Gasteiger partial charge is 0.407 e. The van der Waals surface area contributed by atoms with Crippen molar-refractivity contribution in [2.75, 3.05) is 0 Å². The summed E-state index contributed by atoms with van der Waals surface area (Å²) in [6.07, 6.45) is 2.38. The maximum atomic E-state index is 11.5. The Bertz CT molecular complexity index is 243. The van der Waals surface area contributed by atoms with Crippen LogP contribution in [0, 0.1) is 5.92 Å². The Labute approximate surface area is 97.4 Å². The third kappa shape index (κ3) is 4.00. The SMILES string of the molecule is C[C@H](NC(=O)OC(C)(C)C)[C@H](O)C1CCC1. The molecule has 0 aliphatic heterocycles. The van der Waals surface area contributed by atoms with Crippen LogP contribution in [0.15, 0.2) is 0 Å². The van der Waals surface area contributed by atoms with E-state index in [0.717, 1.165) is 12.8 Å². The molecule has 0 aromatic heterocycles. The molecule has 0 aromatic rings. The molecule has 1 aliphatic carbocycles. The van der Waals surface area contributed by atoms with E-state index in [-0.39, 0.29) is 6.04 Å². The van der Waals surface area contributed by atoms with Crippen LogP contribution in [-0.2, 0) is 4.74 Å². The number of hydrogen-bond acceptors (Lipinski definition) is 3. The largest absolute Gasteiger partial charge is 0.444 e. The van der Waals surface area contributed by atoms with Crippen LogP contribution in [0.2, 0.25) is 0 Å². The van der Waals surface area contributed by atoms with Gasteiger partial charge in [-0.15, -0.1) is 0 Å². The van der Waals surface area contributed by atoms with E-state index in [1.165, 1.54) is 6.42 Å². The summed E-state index contributed by atoms with van der Waals surface area (Å²) in [4.78, 5) is 11.5. The van der Waals surface area contributed by atoms with Crippen LogP contribution in [0.25, 0.3) is 0 Å². The maximum Gasteiger partial charge on any atom is 0.407 e. The highest BCUT2D eigenvalue weighted by atomic mass is 16.6. The number of nitrogens with one attached hydrogen (secondary N) is 1. The van der Waals surface area contributed by atoms with E-state index in [1.54, 1.807) is 0 Å². The van der Waals surface area contributed by atoms with E-state index in [4.69, 9.17) is 4.74 Å². The molecular weight excluding hydrogens is 206 g/mol. The second-order valence-corrected chi connectivity index (χ2v) is 5.62. The monoisotopic (exact) mass is 229 g/mol. The minimum Gasteiger partial charge on any atom is -0.444 e. The molecule has 1 amide bonds. The van der Waals surface area contributed by atoms with E-state index >= 15 is 0 Å². The van der Waals surface area contributed by atoms with Gasteiger partial charge in [-0.2, -0.15) is 0 Å². The van der Waals surface area contributed by atoms with E-state index in [0.29, 0.717) is 5.92 Å². The van der Waals surface area contributed by atoms with Gasteiger partial charge in [0.2, 0.25) is 0 Å². The lowest BCUT2D eigenvalue weighted by atomic mass is 9.79. The molecule has 0 aromatic carbocycles. The van der Waals surface area contributed by atoms with Gasteiger partial charge >= 0.3 is 6.09 Å². The Hall–Kier alpha value is -0.770. The van der Waals surface area contributed by atoms with Gasteiger partial charge in [-0.05, 0) is 46.5 Å². The zero-order valence-electron chi connectivity index (χ0n) is 10.6. The highest BCUT2D eigenvalue weighted by Crippen LogP contribution is 2.30. The van der Waals surface area contributed by atoms with Crippen molar-refractivity contribution in [3.8, 4) is 0 Å². The van der Waals surface area contributed by atoms with Crippen molar-refractivity contribution >= 4 is 6.09 Å². The summed E-state index contributed by atoms with van der Waals surface area (Å²) >= 11 is 0. The summed E-state index contributed by atoms with van der Waals surface area (Å²) < 4.78 is 5.13. The van der Waals surface area contributed by atoms with Gasteiger partial charge in [-0.25, -0.2) is 4.79 Å². The molecule has 4 nitrogen and oxygen atoms in total. The molecule has 94 valence electrons. The minimum atomic E-state index is -0.495. The first-order chi connectivity index (χ1) is 7.29. The lowest BCUT2D eigenvalue weighted by Gasteiger charge is -2.34. The van der Waals surface area contributed by atoms with Crippen molar-refractivity contribution in [3.05, 3.63) is 0 Å². The van der Waals surface area contributed by atoms with E-state index in [1.807, 2.05) is 27.7 Å². The van der Waals surface area contributed by atoms with E-state index < -0.39 is 17.8 Å². The topological polar surface area (TPSA) is 58.6 Å². The lowest BCUT2D eigenvalue weighted by Crippen LogP contribution is -2.47. The molecule has 0 heterocycles. The van der Waals surface area contributed by atoms with Crippen LogP contribution < -0.4 is 5.32 Å². The Morgan fingerprint density at radius 1 is 1.44 bits per heavy atom. The second-order valence-electron chi connectivity index (χ2n) is 5.62. The van der Waals surface area contributed by atoms with Gasteiger partial charge in [0.25, 0.3) is 0 Å². The second kappa shape index (κ2) is 5.04. The number of ether oxygens (including phenoxy) is 1. The molecular formula is C12H23NO3. The number of rotatable bonds is 3. The fraction of sp³-hybridized carbons (Fsp3) is 0.917. The number of amides is 1. The summed E-state index contributed by atoms with van der Waals surface area (Å²) in [7, 11) is 0. The summed E-state index contributed by atoms with van der Waals surface area (Å²) in [5.74, 6) is 0.338. The number of alkyl carbamates (subject to hydrolysis) is 1. The Kier molecular flexibility index (Phi) is 4.19. The number of aliphatic hydroxyl groups excluding tert-OH is 1. The van der Waals surface area contributed by atoms with E-state index in [9.17, 15) is 9.90 Å². The predicted octanol–water partition coefficient (Wildman–Crippen LogP) is 2.06. The van der Waals surface area contributed by atoms with Crippen LogP contribution in [0.1, 0.15) is 47.0 Å². The van der Waals surface area contributed by atoms with Crippen LogP contribution >= 0.6 is 0 Å². The van der Waals surface area contributed by atoms with E-state index in [2.05, 4.69) is 5.32 Å². The number of hydrogen-bond donors (Lipinski definition) is 2. The zero-order chi connectivity index (χ0) is 12.3. The quantitative estimate of drug-likeness (QED) is 0.778. The molecule has 1 rings (SSSR count). The molecule has 0 spiro atoms. The fourth-order valence-electron chi connectivity index (χ4n) is 1.77. The van der Waals surface area contributed by atoms with Crippen LogP contribution in [-0.4, -0.2) is 28.9 Å². The molecule has 16 heavy (non-hydrogen) atoms. The Balaban J connectivity index is 2.32. The predicted molar refractivity (Wildman–Crippen MR) is 62.2 cm³/mol. The van der Waals surface area contributed by atoms with Gasteiger partial charge in [0, 0.05) is 0 Å². The number of carbonyl (C=O) groups excluding carboxylic acids is 1. The normalized spacial score (nSPS) is 20.8. The van der Waals surface area contributed by atoms with Gasteiger partial charge in [0.15, 0.2) is 0 Å². The average Bonchev–Trinajstić information content (AvgIpc) is 1.96. The molecule has 1 fully saturated rings. The first-order valence-electron chi connectivity index (χ1n) is 5.97. The molecule has 1 aliphatic rings. The van der Waals surface area contributed by atoms with Gasteiger partial charge < -0.3 is 15.2 Å².